The maximum atomic E-state index is 10.6. The standard InChI is InChI=1S/C15H19N3O/c1-15(2,3)9-13-16-17-14(18(13)4)12-7-5-11(10-19)6-8-12/h5-8,10H,9H2,1-4H3. The molecule has 1 aromatic heterocycles. The second-order valence-electron chi connectivity index (χ2n) is 5.98. The lowest BCUT2D eigenvalue weighted by Gasteiger charge is -2.17. The molecule has 0 aliphatic rings. The average molecular weight is 257 g/mol. The van der Waals surface area contributed by atoms with Crippen molar-refractivity contribution < 1.29 is 4.79 Å². The van der Waals surface area contributed by atoms with E-state index in [9.17, 15) is 4.79 Å². The van der Waals surface area contributed by atoms with Crippen LogP contribution in [0.2, 0.25) is 0 Å². The van der Waals surface area contributed by atoms with Crippen molar-refractivity contribution in [2.24, 2.45) is 12.5 Å². The molecule has 0 spiro atoms. The average Bonchev–Trinajstić information content (AvgIpc) is 2.69. The van der Waals surface area contributed by atoms with Crippen LogP contribution in [-0.2, 0) is 13.5 Å². The molecule has 0 fully saturated rings. The number of hydrogen-bond donors (Lipinski definition) is 0. The van der Waals surface area contributed by atoms with E-state index in [1.165, 1.54) is 0 Å². The largest absolute Gasteiger partial charge is 0.314 e. The summed E-state index contributed by atoms with van der Waals surface area (Å²) in [4.78, 5) is 10.6. The first-order valence-corrected chi connectivity index (χ1v) is 6.34. The van der Waals surface area contributed by atoms with Crippen molar-refractivity contribution in [1.82, 2.24) is 14.8 Å². The molecule has 0 amide bonds. The molecule has 2 rings (SSSR count). The lowest BCUT2D eigenvalue weighted by Crippen LogP contribution is -2.13. The Morgan fingerprint density at radius 3 is 2.32 bits per heavy atom. The number of carbonyl (C=O) groups is 1. The molecule has 0 saturated carbocycles. The highest BCUT2D eigenvalue weighted by atomic mass is 16.1. The van der Waals surface area contributed by atoms with Gasteiger partial charge in [-0.15, -0.1) is 10.2 Å². The van der Waals surface area contributed by atoms with Crippen LogP contribution < -0.4 is 0 Å². The van der Waals surface area contributed by atoms with Crippen molar-refractivity contribution >= 4 is 6.29 Å². The fraction of sp³-hybridized carbons (Fsp3) is 0.400. The number of aromatic nitrogens is 3. The minimum absolute atomic E-state index is 0.180. The van der Waals surface area contributed by atoms with Crippen molar-refractivity contribution in [2.45, 2.75) is 27.2 Å². The topological polar surface area (TPSA) is 47.8 Å². The predicted molar refractivity (Wildman–Crippen MR) is 75.0 cm³/mol. The number of benzene rings is 1. The smallest absolute Gasteiger partial charge is 0.163 e. The van der Waals surface area contributed by atoms with Crippen LogP contribution in [0.4, 0.5) is 0 Å². The summed E-state index contributed by atoms with van der Waals surface area (Å²) < 4.78 is 2.02. The fourth-order valence-corrected chi connectivity index (χ4v) is 1.95. The van der Waals surface area contributed by atoms with E-state index >= 15 is 0 Å². The summed E-state index contributed by atoms with van der Waals surface area (Å²) in [6.07, 6.45) is 1.72. The number of carbonyl (C=O) groups excluding carboxylic acids is 1. The van der Waals surface area contributed by atoms with Gasteiger partial charge in [-0.3, -0.25) is 4.79 Å². The predicted octanol–water partition coefficient (Wildman–Crippen LogP) is 2.88. The van der Waals surface area contributed by atoms with Crippen LogP contribution in [0.5, 0.6) is 0 Å². The second kappa shape index (κ2) is 4.96. The first-order chi connectivity index (χ1) is 8.90. The third-order valence-electron chi connectivity index (χ3n) is 2.96. The molecule has 0 saturated heterocycles. The van der Waals surface area contributed by atoms with Gasteiger partial charge < -0.3 is 4.57 Å². The molecule has 0 atom stereocenters. The summed E-state index contributed by atoms with van der Waals surface area (Å²) in [6.45, 7) is 6.54. The van der Waals surface area contributed by atoms with Gasteiger partial charge in [0.15, 0.2) is 5.82 Å². The highest BCUT2D eigenvalue weighted by Crippen LogP contribution is 2.23. The third-order valence-corrected chi connectivity index (χ3v) is 2.96. The first-order valence-electron chi connectivity index (χ1n) is 6.34. The SMILES string of the molecule is Cn1c(CC(C)(C)C)nnc1-c1ccc(C=O)cc1. The molecule has 0 aliphatic carbocycles. The molecule has 1 aromatic carbocycles. The summed E-state index contributed by atoms with van der Waals surface area (Å²) in [5.41, 5.74) is 1.82. The monoisotopic (exact) mass is 257 g/mol. The highest BCUT2D eigenvalue weighted by Gasteiger charge is 2.17. The Labute approximate surface area is 113 Å². The minimum Gasteiger partial charge on any atom is -0.314 e. The Morgan fingerprint density at radius 2 is 1.79 bits per heavy atom. The quantitative estimate of drug-likeness (QED) is 0.794. The molecule has 0 N–H and O–H groups in total. The summed E-state index contributed by atoms with van der Waals surface area (Å²) in [5.74, 6) is 1.80. The van der Waals surface area contributed by atoms with E-state index in [-0.39, 0.29) is 5.41 Å². The zero-order valence-corrected chi connectivity index (χ0v) is 11.8. The van der Waals surface area contributed by atoms with Crippen molar-refractivity contribution in [3.05, 3.63) is 35.7 Å². The van der Waals surface area contributed by atoms with Gasteiger partial charge >= 0.3 is 0 Å². The molecule has 0 unspecified atom stereocenters. The summed E-state index contributed by atoms with van der Waals surface area (Å²) in [5, 5.41) is 8.51. The van der Waals surface area contributed by atoms with Crippen LogP contribution in [0.1, 0.15) is 37.0 Å². The lowest BCUT2D eigenvalue weighted by molar-refractivity contribution is 0.112. The van der Waals surface area contributed by atoms with Gasteiger partial charge in [0.2, 0.25) is 0 Å². The zero-order valence-electron chi connectivity index (χ0n) is 11.8. The third kappa shape index (κ3) is 3.08. The van der Waals surface area contributed by atoms with E-state index in [0.717, 1.165) is 29.9 Å². The van der Waals surface area contributed by atoms with Gasteiger partial charge in [-0.1, -0.05) is 45.0 Å². The van der Waals surface area contributed by atoms with Gasteiger partial charge in [-0.25, -0.2) is 0 Å². The van der Waals surface area contributed by atoms with Crippen molar-refractivity contribution in [3.63, 3.8) is 0 Å². The maximum absolute atomic E-state index is 10.6. The molecular formula is C15H19N3O. The fourth-order valence-electron chi connectivity index (χ4n) is 1.95. The summed E-state index contributed by atoms with van der Waals surface area (Å²) in [6, 6.07) is 7.38. The molecule has 0 aliphatic heterocycles. The molecule has 19 heavy (non-hydrogen) atoms. The van der Waals surface area contributed by atoms with Gasteiger partial charge in [-0.2, -0.15) is 0 Å². The molecular weight excluding hydrogens is 238 g/mol. The van der Waals surface area contributed by atoms with E-state index in [0.29, 0.717) is 5.56 Å². The van der Waals surface area contributed by atoms with Gasteiger partial charge in [0.05, 0.1) is 0 Å². The second-order valence-corrected chi connectivity index (χ2v) is 5.98. The van der Waals surface area contributed by atoms with E-state index in [4.69, 9.17) is 0 Å². The van der Waals surface area contributed by atoms with Crippen LogP contribution in [0.15, 0.2) is 24.3 Å². The number of hydrogen-bond acceptors (Lipinski definition) is 3. The molecule has 4 nitrogen and oxygen atoms in total. The zero-order chi connectivity index (χ0) is 14.0. The van der Waals surface area contributed by atoms with Crippen LogP contribution in [-0.4, -0.2) is 21.1 Å². The van der Waals surface area contributed by atoms with E-state index < -0.39 is 0 Å². The molecule has 2 aromatic rings. The Hall–Kier alpha value is -1.97. The van der Waals surface area contributed by atoms with E-state index in [2.05, 4.69) is 31.0 Å². The maximum Gasteiger partial charge on any atom is 0.163 e. The molecule has 100 valence electrons. The van der Waals surface area contributed by atoms with Crippen molar-refractivity contribution in [2.75, 3.05) is 0 Å². The van der Waals surface area contributed by atoms with Gasteiger partial charge in [0, 0.05) is 24.6 Å². The first kappa shape index (κ1) is 13.5. The van der Waals surface area contributed by atoms with Gasteiger partial charge in [-0.05, 0) is 5.41 Å². The summed E-state index contributed by atoms with van der Waals surface area (Å²) in [7, 11) is 1.98. The van der Waals surface area contributed by atoms with Gasteiger partial charge in [0.25, 0.3) is 0 Å². The van der Waals surface area contributed by atoms with Crippen molar-refractivity contribution in [1.29, 1.82) is 0 Å². The normalized spacial score (nSPS) is 11.6. The Balaban J connectivity index is 2.33. The molecule has 0 radical (unpaired) electrons. The molecule has 1 heterocycles. The molecule has 4 heteroatoms. The van der Waals surface area contributed by atoms with Crippen molar-refractivity contribution in [3.8, 4) is 11.4 Å². The van der Waals surface area contributed by atoms with E-state index in [1.54, 1.807) is 12.1 Å². The number of nitrogens with zero attached hydrogens (tertiary/aromatic N) is 3. The summed E-state index contributed by atoms with van der Waals surface area (Å²) >= 11 is 0. The molecule has 0 bridgehead atoms. The van der Waals surface area contributed by atoms with Gasteiger partial charge in [0.1, 0.15) is 12.1 Å². The Morgan fingerprint density at radius 1 is 1.16 bits per heavy atom. The number of aldehydes is 1. The number of rotatable bonds is 3. The lowest BCUT2D eigenvalue weighted by atomic mass is 9.92. The van der Waals surface area contributed by atoms with Crippen LogP contribution >= 0.6 is 0 Å². The Bertz CT molecular complexity index is 576. The van der Waals surface area contributed by atoms with Crippen LogP contribution in [0, 0.1) is 5.41 Å². The highest BCUT2D eigenvalue weighted by molar-refractivity contribution is 5.76. The van der Waals surface area contributed by atoms with Crippen LogP contribution in [0.3, 0.4) is 0 Å². The van der Waals surface area contributed by atoms with Crippen LogP contribution in [0.25, 0.3) is 11.4 Å². The van der Waals surface area contributed by atoms with E-state index in [1.807, 2.05) is 23.7 Å². The Kier molecular flexibility index (Phi) is 3.51. The minimum atomic E-state index is 0.180.